The molecule has 0 saturated carbocycles. The van der Waals surface area contributed by atoms with Crippen LogP contribution in [0.1, 0.15) is 18.0 Å². The predicted octanol–water partition coefficient (Wildman–Crippen LogP) is 2.32. The summed E-state index contributed by atoms with van der Waals surface area (Å²) < 4.78 is 0. The molecule has 1 aromatic carbocycles. The summed E-state index contributed by atoms with van der Waals surface area (Å²) in [5.41, 5.74) is 4.95. The molecule has 3 heteroatoms. The third kappa shape index (κ3) is 2.10. The molecule has 0 aliphatic rings. The topological polar surface area (TPSA) is 50.9 Å². The van der Waals surface area contributed by atoms with Crippen molar-refractivity contribution in [3.8, 4) is 0 Å². The normalized spacial score (nSPS) is 12.6. The van der Waals surface area contributed by atoms with Gasteiger partial charge in [0.15, 0.2) is 0 Å². The Balaban J connectivity index is 2.41. The van der Waals surface area contributed by atoms with E-state index in [1.807, 2.05) is 30.3 Å². The lowest BCUT2D eigenvalue weighted by molar-refractivity contribution is 0.562. The molecule has 1 heterocycles. The van der Waals surface area contributed by atoms with E-state index < -0.39 is 0 Å². The summed E-state index contributed by atoms with van der Waals surface area (Å²) in [4.78, 5) is 4.28. The zero-order valence-corrected chi connectivity index (χ0v) is 9.06. The first-order valence-electron chi connectivity index (χ1n) is 5.27. The fourth-order valence-corrected chi connectivity index (χ4v) is 1.78. The molecule has 0 fully saturated rings. The number of rotatable bonds is 4. The molecule has 0 saturated heterocycles. The van der Waals surface area contributed by atoms with Crippen LogP contribution in [-0.2, 0) is 0 Å². The smallest absolute Gasteiger partial charge is 0.0702 e. The van der Waals surface area contributed by atoms with Crippen molar-refractivity contribution in [3.63, 3.8) is 0 Å². The maximum atomic E-state index is 5.52. The SMILES string of the molecule is C=CCC(NN)c1ccc2ncccc2c1. The first-order valence-corrected chi connectivity index (χ1v) is 5.27. The summed E-state index contributed by atoms with van der Waals surface area (Å²) in [5.74, 6) is 5.52. The molecule has 0 spiro atoms. The van der Waals surface area contributed by atoms with Crippen LogP contribution in [-0.4, -0.2) is 4.98 Å². The van der Waals surface area contributed by atoms with Crippen LogP contribution in [0.25, 0.3) is 10.9 Å². The maximum absolute atomic E-state index is 5.52. The van der Waals surface area contributed by atoms with Crippen molar-refractivity contribution < 1.29 is 0 Å². The number of nitrogens with one attached hydrogen (secondary N) is 1. The number of nitrogens with zero attached hydrogens (tertiary/aromatic N) is 1. The van der Waals surface area contributed by atoms with Crippen molar-refractivity contribution in [2.75, 3.05) is 0 Å². The second-order valence-corrected chi connectivity index (χ2v) is 3.70. The molecule has 0 amide bonds. The molecule has 0 bridgehead atoms. The van der Waals surface area contributed by atoms with Crippen LogP contribution in [0.15, 0.2) is 49.2 Å². The van der Waals surface area contributed by atoms with Crippen LogP contribution in [0.2, 0.25) is 0 Å². The summed E-state index contributed by atoms with van der Waals surface area (Å²) in [5, 5.41) is 1.13. The number of fused-ring (bicyclic) bond motifs is 1. The van der Waals surface area contributed by atoms with Gasteiger partial charge in [-0.05, 0) is 30.2 Å². The fraction of sp³-hybridized carbons (Fsp3) is 0.154. The molecular formula is C13H15N3. The van der Waals surface area contributed by atoms with Gasteiger partial charge < -0.3 is 0 Å². The number of hydrogen-bond acceptors (Lipinski definition) is 3. The van der Waals surface area contributed by atoms with Gasteiger partial charge in [0, 0.05) is 17.6 Å². The molecule has 0 aliphatic carbocycles. The molecule has 16 heavy (non-hydrogen) atoms. The van der Waals surface area contributed by atoms with E-state index in [-0.39, 0.29) is 6.04 Å². The van der Waals surface area contributed by atoms with Crippen molar-refractivity contribution >= 4 is 10.9 Å². The molecule has 1 atom stereocenters. The Hall–Kier alpha value is -1.71. The summed E-state index contributed by atoms with van der Waals surface area (Å²) in [6, 6.07) is 10.3. The second-order valence-electron chi connectivity index (χ2n) is 3.70. The highest BCUT2D eigenvalue weighted by Gasteiger charge is 2.07. The Bertz CT molecular complexity index is 493. The number of pyridine rings is 1. The molecule has 0 aliphatic heterocycles. The largest absolute Gasteiger partial charge is 0.271 e. The molecule has 2 aromatic rings. The Labute approximate surface area is 95.0 Å². The van der Waals surface area contributed by atoms with Gasteiger partial charge in [-0.15, -0.1) is 6.58 Å². The average molecular weight is 213 g/mol. The lowest BCUT2D eigenvalue weighted by Crippen LogP contribution is -2.27. The second kappa shape index (κ2) is 4.88. The Morgan fingerprint density at radius 1 is 1.44 bits per heavy atom. The van der Waals surface area contributed by atoms with E-state index in [1.165, 1.54) is 0 Å². The van der Waals surface area contributed by atoms with E-state index in [9.17, 15) is 0 Å². The third-order valence-electron chi connectivity index (χ3n) is 2.63. The van der Waals surface area contributed by atoms with E-state index in [0.717, 1.165) is 22.9 Å². The standard InChI is InChI=1S/C13H15N3/c1-2-4-13(16-14)11-6-7-12-10(9-11)5-3-8-15-12/h2-3,5-9,13,16H,1,4,14H2. The van der Waals surface area contributed by atoms with Crippen molar-refractivity contribution in [2.24, 2.45) is 5.84 Å². The lowest BCUT2D eigenvalue weighted by atomic mass is 10.0. The van der Waals surface area contributed by atoms with Gasteiger partial charge in [0.1, 0.15) is 0 Å². The number of hydrazine groups is 1. The van der Waals surface area contributed by atoms with Gasteiger partial charge in [0.05, 0.1) is 5.52 Å². The molecular weight excluding hydrogens is 198 g/mol. The van der Waals surface area contributed by atoms with Gasteiger partial charge in [-0.3, -0.25) is 16.3 Å². The highest BCUT2D eigenvalue weighted by molar-refractivity contribution is 5.79. The zero-order valence-electron chi connectivity index (χ0n) is 9.06. The van der Waals surface area contributed by atoms with E-state index in [4.69, 9.17) is 5.84 Å². The fourth-order valence-electron chi connectivity index (χ4n) is 1.78. The average Bonchev–Trinajstić information content (AvgIpc) is 2.35. The number of nitrogens with two attached hydrogens (primary N) is 1. The van der Waals surface area contributed by atoms with Crippen molar-refractivity contribution in [2.45, 2.75) is 12.5 Å². The van der Waals surface area contributed by atoms with Crippen LogP contribution in [0.4, 0.5) is 0 Å². The number of benzene rings is 1. The monoisotopic (exact) mass is 213 g/mol. The highest BCUT2D eigenvalue weighted by Crippen LogP contribution is 2.20. The van der Waals surface area contributed by atoms with Crippen molar-refractivity contribution in [1.29, 1.82) is 0 Å². The van der Waals surface area contributed by atoms with Crippen molar-refractivity contribution in [3.05, 3.63) is 54.7 Å². The first-order chi connectivity index (χ1) is 7.85. The molecule has 0 radical (unpaired) electrons. The molecule has 1 unspecified atom stereocenters. The van der Waals surface area contributed by atoms with E-state index >= 15 is 0 Å². The van der Waals surface area contributed by atoms with Gasteiger partial charge >= 0.3 is 0 Å². The zero-order chi connectivity index (χ0) is 11.4. The van der Waals surface area contributed by atoms with Gasteiger partial charge in [-0.1, -0.05) is 18.2 Å². The minimum absolute atomic E-state index is 0.113. The first kappa shape index (κ1) is 10.8. The van der Waals surface area contributed by atoms with Gasteiger partial charge in [-0.25, -0.2) is 0 Å². The molecule has 1 aromatic heterocycles. The number of aromatic nitrogens is 1. The van der Waals surface area contributed by atoms with Crippen LogP contribution in [0.5, 0.6) is 0 Å². The summed E-state index contributed by atoms with van der Waals surface area (Å²) in [6.45, 7) is 3.73. The molecule has 82 valence electrons. The van der Waals surface area contributed by atoms with Gasteiger partial charge in [0.2, 0.25) is 0 Å². The quantitative estimate of drug-likeness (QED) is 0.465. The minimum atomic E-state index is 0.113. The van der Waals surface area contributed by atoms with Crippen LogP contribution >= 0.6 is 0 Å². The molecule has 3 N–H and O–H groups in total. The Morgan fingerprint density at radius 2 is 2.31 bits per heavy atom. The maximum Gasteiger partial charge on any atom is 0.0702 e. The predicted molar refractivity (Wildman–Crippen MR) is 66.6 cm³/mol. The molecule has 2 rings (SSSR count). The van der Waals surface area contributed by atoms with E-state index in [2.05, 4.69) is 23.1 Å². The number of hydrogen-bond donors (Lipinski definition) is 2. The van der Waals surface area contributed by atoms with Crippen LogP contribution in [0.3, 0.4) is 0 Å². The highest BCUT2D eigenvalue weighted by atomic mass is 15.2. The van der Waals surface area contributed by atoms with Gasteiger partial charge in [-0.2, -0.15) is 0 Å². The summed E-state index contributed by atoms with van der Waals surface area (Å²) in [7, 11) is 0. The Morgan fingerprint density at radius 3 is 3.06 bits per heavy atom. The lowest BCUT2D eigenvalue weighted by Gasteiger charge is -2.14. The summed E-state index contributed by atoms with van der Waals surface area (Å²) >= 11 is 0. The Kier molecular flexibility index (Phi) is 3.29. The van der Waals surface area contributed by atoms with Crippen LogP contribution < -0.4 is 11.3 Å². The van der Waals surface area contributed by atoms with Crippen LogP contribution in [0, 0.1) is 0 Å². The minimum Gasteiger partial charge on any atom is -0.271 e. The van der Waals surface area contributed by atoms with Crippen molar-refractivity contribution in [1.82, 2.24) is 10.4 Å². The third-order valence-corrected chi connectivity index (χ3v) is 2.63. The van der Waals surface area contributed by atoms with Gasteiger partial charge in [0.25, 0.3) is 0 Å². The van der Waals surface area contributed by atoms with E-state index in [1.54, 1.807) is 6.20 Å². The van der Waals surface area contributed by atoms with E-state index in [0.29, 0.717) is 0 Å². The summed E-state index contributed by atoms with van der Waals surface area (Å²) in [6.07, 6.45) is 4.46. The molecule has 3 nitrogen and oxygen atoms in total.